The molecule has 0 radical (unpaired) electrons. The van der Waals surface area contributed by atoms with Crippen molar-refractivity contribution < 1.29 is 4.79 Å². The summed E-state index contributed by atoms with van der Waals surface area (Å²) >= 11 is 5.04. The predicted molar refractivity (Wildman–Crippen MR) is 77.4 cm³/mol. The molecule has 18 heavy (non-hydrogen) atoms. The molecule has 0 unspecified atom stereocenters. The number of anilines is 1. The van der Waals surface area contributed by atoms with Crippen molar-refractivity contribution in [2.75, 3.05) is 5.32 Å². The molecule has 1 aromatic rings. The minimum atomic E-state index is -0.790. The summed E-state index contributed by atoms with van der Waals surface area (Å²) < 4.78 is 0. The quantitative estimate of drug-likeness (QED) is 0.802. The van der Waals surface area contributed by atoms with Gasteiger partial charge in [-0.2, -0.15) is 0 Å². The van der Waals surface area contributed by atoms with Crippen LogP contribution in [0.4, 0.5) is 5.82 Å². The van der Waals surface area contributed by atoms with Crippen LogP contribution in [-0.2, 0) is 4.79 Å². The normalized spacial score (nSPS) is 11.1. The zero-order chi connectivity index (χ0) is 13.8. The molecule has 0 saturated heterocycles. The van der Waals surface area contributed by atoms with Gasteiger partial charge in [-0.15, -0.1) is 0 Å². The SMILES string of the molecule is CCC(CC)(C(=O)Nc1ccc(C)cn1)C(N)=S. The summed E-state index contributed by atoms with van der Waals surface area (Å²) in [6, 6.07) is 3.66. The molecule has 1 heterocycles. The molecule has 1 rings (SSSR count). The first-order valence-electron chi connectivity index (χ1n) is 6.00. The first kappa shape index (κ1) is 14.6. The Bertz CT molecular complexity index is 438. The summed E-state index contributed by atoms with van der Waals surface area (Å²) in [6.45, 7) is 5.76. The van der Waals surface area contributed by atoms with Crippen LogP contribution in [0, 0.1) is 12.3 Å². The molecule has 0 atom stereocenters. The van der Waals surface area contributed by atoms with E-state index in [0.717, 1.165) is 5.56 Å². The largest absolute Gasteiger partial charge is 0.392 e. The van der Waals surface area contributed by atoms with Gasteiger partial charge in [-0.3, -0.25) is 4.79 Å². The highest BCUT2D eigenvalue weighted by Crippen LogP contribution is 2.28. The van der Waals surface area contributed by atoms with Crippen LogP contribution < -0.4 is 11.1 Å². The second-order valence-electron chi connectivity index (χ2n) is 4.33. The van der Waals surface area contributed by atoms with E-state index in [-0.39, 0.29) is 10.9 Å². The third-order valence-electron chi connectivity index (χ3n) is 3.27. The number of nitrogens with one attached hydrogen (secondary N) is 1. The van der Waals surface area contributed by atoms with Crippen LogP contribution in [0.25, 0.3) is 0 Å². The van der Waals surface area contributed by atoms with Gasteiger partial charge in [-0.1, -0.05) is 32.1 Å². The molecule has 0 aromatic carbocycles. The van der Waals surface area contributed by atoms with Crippen molar-refractivity contribution >= 4 is 28.9 Å². The second-order valence-corrected chi connectivity index (χ2v) is 4.77. The topological polar surface area (TPSA) is 68.0 Å². The predicted octanol–water partition coefficient (Wildman–Crippen LogP) is 2.42. The smallest absolute Gasteiger partial charge is 0.238 e. The van der Waals surface area contributed by atoms with Crippen molar-refractivity contribution in [3.63, 3.8) is 0 Å². The Morgan fingerprint density at radius 1 is 1.44 bits per heavy atom. The first-order chi connectivity index (χ1) is 8.46. The highest BCUT2D eigenvalue weighted by molar-refractivity contribution is 7.80. The summed E-state index contributed by atoms with van der Waals surface area (Å²) in [6.07, 6.45) is 2.86. The van der Waals surface area contributed by atoms with Crippen molar-refractivity contribution in [3.05, 3.63) is 23.9 Å². The third kappa shape index (κ3) is 2.85. The molecule has 4 nitrogen and oxygen atoms in total. The lowest BCUT2D eigenvalue weighted by atomic mass is 9.81. The van der Waals surface area contributed by atoms with Crippen molar-refractivity contribution in [1.29, 1.82) is 0 Å². The van der Waals surface area contributed by atoms with Crippen LogP contribution in [-0.4, -0.2) is 15.9 Å². The molecule has 0 fully saturated rings. The molecule has 0 saturated carbocycles. The number of thiocarbonyl (C=S) groups is 1. The molecule has 0 aliphatic carbocycles. The van der Waals surface area contributed by atoms with Gasteiger partial charge in [0.25, 0.3) is 0 Å². The van der Waals surface area contributed by atoms with Gasteiger partial charge in [0.05, 0.1) is 10.4 Å². The van der Waals surface area contributed by atoms with Crippen LogP contribution in [0.1, 0.15) is 32.3 Å². The van der Waals surface area contributed by atoms with Gasteiger partial charge in [-0.25, -0.2) is 4.98 Å². The van der Waals surface area contributed by atoms with E-state index in [0.29, 0.717) is 18.7 Å². The highest BCUT2D eigenvalue weighted by atomic mass is 32.1. The lowest BCUT2D eigenvalue weighted by Crippen LogP contribution is -2.45. The minimum Gasteiger partial charge on any atom is -0.392 e. The average molecular weight is 265 g/mol. The molecule has 3 N–H and O–H groups in total. The van der Waals surface area contributed by atoms with E-state index in [4.69, 9.17) is 18.0 Å². The fourth-order valence-corrected chi connectivity index (χ4v) is 2.19. The molecular formula is C13H19N3OS. The number of hydrogen-bond donors (Lipinski definition) is 2. The zero-order valence-electron chi connectivity index (χ0n) is 11.0. The van der Waals surface area contributed by atoms with Gasteiger partial charge in [0.15, 0.2) is 0 Å². The van der Waals surface area contributed by atoms with Gasteiger partial charge < -0.3 is 11.1 Å². The Morgan fingerprint density at radius 2 is 2.06 bits per heavy atom. The number of aromatic nitrogens is 1. The van der Waals surface area contributed by atoms with E-state index in [1.54, 1.807) is 12.3 Å². The summed E-state index contributed by atoms with van der Waals surface area (Å²) in [5, 5.41) is 2.78. The van der Waals surface area contributed by atoms with Crippen LogP contribution in [0.5, 0.6) is 0 Å². The summed E-state index contributed by atoms with van der Waals surface area (Å²) in [4.78, 5) is 16.7. The summed E-state index contributed by atoms with van der Waals surface area (Å²) in [7, 11) is 0. The number of hydrogen-bond acceptors (Lipinski definition) is 3. The Hall–Kier alpha value is -1.49. The maximum Gasteiger partial charge on any atom is 0.238 e. The number of nitrogens with two attached hydrogens (primary N) is 1. The Kier molecular flexibility index (Phi) is 4.78. The fourth-order valence-electron chi connectivity index (χ4n) is 1.81. The van der Waals surface area contributed by atoms with Crippen molar-refractivity contribution in [2.24, 2.45) is 11.1 Å². The van der Waals surface area contributed by atoms with Crippen molar-refractivity contribution in [1.82, 2.24) is 4.98 Å². The van der Waals surface area contributed by atoms with E-state index in [1.807, 2.05) is 26.8 Å². The van der Waals surface area contributed by atoms with Crippen molar-refractivity contribution in [2.45, 2.75) is 33.6 Å². The Balaban J connectivity index is 2.92. The van der Waals surface area contributed by atoms with E-state index >= 15 is 0 Å². The number of aryl methyl sites for hydroxylation is 1. The number of pyridine rings is 1. The van der Waals surface area contributed by atoms with Gasteiger partial charge in [0.1, 0.15) is 5.82 Å². The van der Waals surface area contributed by atoms with Gasteiger partial charge >= 0.3 is 0 Å². The van der Waals surface area contributed by atoms with Gasteiger partial charge in [0, 0.05) is 6.20 Å². The van der Waals surface area contributed by atoms with Crippen LogP contribution >= 0.6 is 12.2 Å². The van der Waals surface area contributed by atoms with Gasteiger partial charge in [-0.05, 0) is 31.4 Å². The number of rotatable bonds is 5. The lowest BCUT2D eigenvalue weighted by Gasteiger charge is -2.28. The maximum atomic E-state index is 12.3. The van der Waals surface area contributed by atoms with Crippen LogP contribution in [0.15, 0.2) is 18.3 Å². The van der Waals surface area contributed by atoms with E-state index in [9.17, 15) is 4.79 Å². The van der Waals surface area contributed by atoms with E-state index in [1.165, 1.54) is 0 Å². The molecule has 98 valence electrons. The number of carbonyl (C=O) groups excluding carboxylic acids is 1. The molecular weight excluding hydrogens is 246 g/mol. The number of carbonyl (C=O) groups is 1. The van der Waals surface area contributed by atoms with Crippen molar-refractivity contribution in [3.8, 4) is 0 Å². The third-order valence-corrected chi connectivity index (χ3v) is 3.66. The molecule has 0 aliphatic rings. The zero-order valence-corrected chi connectivity index (χ0v) is 11.8. The monoisotopic (exact) mass is 265 g/mol. The number of nitrogens with zero attached hydrogens (tertiary/aromatic N) is 1. The molecule has 0 spiro atoms. The first-order valence-corrected chi connectivity index (χ1v) is 6.41. The van der Waals surface area contributed by atoms with Crippen LogP contribution in [0.2, 0.25) is 0 Å². The molecule has 0 bridgehead atoms. The van der Waals surface area contributed by atoms with E-state index in [2.05, 4.69) is 10.3 Å². The Labute approximate surface area is 113 Å². The summed E-state index contributed by atoms with van der Waals surface area (Å²) in [5.74, 6) is 0.337. The van der Waals surface area contributed by atoms with Gasteiger partial charge in [0.2, 0.25) is 5.91 Å². The molecule has 5 heteroatoms. The minimum absolute atomic E-state index is 0.184. The maximum absolute atomic E-state index is 12.3. The fraction of sp³-hybridized carbons (Fsp3) is 0.462. The second kappa shape index (κ2) is 5.91. The highest BCUT2D eigenvalue weighted by Gasteiger charge is 2.38. The van der Waals surface area contributed by atoms with Crippen LogP contribution in [0.3, 0.4) is 0 Å². The summed E-state index contributed by atoms with van der Waals surface area (Å²) in [5.41, 5.74) is 5.97. The lowest BCUT2D eigenvalue weighted by molar-refractivity contribution is -0.122. The molecule has 1 amide bonds. The van der Waals surface area contributed by atoms with E-state index < -0.39 is 5.41 Å². The molecule has 1 aromatic heterocycles. The standard InChI is InChI=1S/C13H19N3OS/c1-4-13(5-2,11(14)18)12(17)16-10-7-6-9(3)8-15-10/h6-8H,4-5H2,1-3H3,(H2,14,18)(H,15,16,17). The average Bonchev–Trinajstić information content (AvgIpc) is 2.34. The number of amides is 1. The molecule has 0 aliphatic heterocycles. The Morgan fingerprint density at radius 3 is 2.44 bits per heavy atom.